The average Bonchev–Trinajstić information content (AvgIpc) is 3.51. The lowest BCUT2D eigenvalue weighted by Crippen LogP contribution is -2.33. The van der Waals surface area contributed by atoms with E-state index in [9.17, 15) is 9.59 Å². The first-order chi connectivity index (χ1) is 19.9. The second-order valence-electron chi connectivity index (χ2n) is 9.06. The van der Waals surface area contributed by atoms with E-state index < -0.39 is 24.5 Å². The molecule has 3 heterocycles. The van der Waals surface area contributed by atoms with Crippen LogP contribution in [0, 0.1) is 6.92 Å². The van der Waals surface area contributed by atoms with Crippen molar-refractivity contribution in [2.45, 2.75) is 26.1 Å². The molecule has 11 heteroatoms. The lowest BCUT2D eigenvalue weighted by atomic mass is 10.0. The number of hydrogen-bond donors (Lipinski definition) is 1. The van der Waals surface area contributed by atoms with Gasteiger partial charge in [-0.05, 0) is 42.8 Å². The first-order valence-electron chi connectivity index (χ1n) is 12.6. The molecule has 1 N–H and O–H groups in total. The van der Waals surface area contributed by atoms with Gasteiger partial charge in [0.15, 0.2) is 6.39 Å². The number of amides is 1. The molecule has 1 fully saturated rings. The summed E-state index contributed by atoms with van der Waals surface area (Å²) in [5, 5.41) is 9.16. The van der Waals surface area contributed by atoms with Crippen LogP contribution in [0.25, 0.3) is 6.08 Å². The van der Waals surface area contributed by atoms with Gasteiger partial charge < -0.3 is 19.0 Å². The van der Waals surface area contributed by atoms with Crippen molar-refractivity contribution in [2.75, 3.05) is 6.54 Å². The van der Waals surface area contributed by atoms with Gasteiger partial charge >= 0.3 is 5.97 Å². The second kappa shape index (κ2) is 12.8. The van der Waals surface area contributed by atoms with Crippen molar-refractivity contribution in [3.63, 3.8) is 0 Å². The number of rotatable bonds is 11. The van der Waals surface area contributed by atoms with Gasteiger partial charge in [-0.2, -0.15) is 0 Å². The van der Waals surface area contributed by atoms with Gasteiger partial charge in [0, 0.05) is 24.2 Å². The zero-order chi connectivity index (χ0) is 28.8. The average molecular weight is 588 g/mol. The fourth-order valence-electron chi connectivity index (χ4n) is 4.19. The topological polar surface area (TPSA) is 115 Å². The Kier molecular flexibility index (Phi) is 8.76. The van der Waals surface area contributed by atoms with Gasteiger partial charge in [-0.3, -0.25) is 19.5 Å². The Labute approximate surface area is 245 Å². The van der Waals surface area contributed by atoms with Crippen LogP contribution >= 0.6 is 24.0 Å². The van der Waals surface area contributed by atoms with Gasteiger partial charge in [-0.25, -0.2) is 4.98 Å². The van der Waals surface area contributed by atoms with E-state index in [1.807, 2.05) is 55.5 Å². The van der Waals surface area contributed by atoms with Crippen molar-refractivity contribution >= 4 is 46.3 Å². The molecule has 208 valence electrons. The molecule has 0 spiro atoms. The molecular weight excluding hydrogens is 562 g/mol. The predicted molar refractivity (Wildman–Crippen MR) is 157 cm³/mol. The third-order valence-corrected chi connectivity index (χ3v) is 7.55. The molecule has 1 aliphatic heterocycles. The number of hydrogen-bond acceptors (Lipinski definition) is 9. The molecule has 1 saturated heterocycles. The first kappa shape index (κ1) is 28.1. The molecule has 41 heavy (non-hydrogen) atoms. The lowest BCUT2D eigenvalue weighted by Gasteiger charge is -2.19. The van der Waals surface area contributed by atoms with Crippen molar-refractivity contribution in [1.82, 2.24) is 14.9 Å². The van der Waals surface area contributed by atoms with Crippen molar-refractivity contribution in [2.24, 2.45) is 0 Å². The number of carbonyl (C=O) groups is 2. The maximum Gasteiger partial charge on any atom is 0.323 e. The largest absolute Gasteiger partial charge is 0.487 e. The summed E-state index contributed by atoms with van der Waals surface area (Å²) < 4.78 is 18.3. The third-order valence-electron chi connectivity index (χ3n) is 6.17. The number of nitrogens with zero attached hydrogens (tertiary/aromatic N) is 3. The van der Waals surface area contributed by atoms with Crippen LogP contribution in [-0.2, 0) is 22.6 Å². The number of thioether (sulfide) groups is 1. The Balaban J connectivity index is 1.46. The van der Waals surface area contributed by atoms with E-state index in [1.54, 1.807) is 30.5 Å². The molecule has 2 aromatic heterocycles. The van der Waals surface area contributed by atoms with Crippen LogP contribution < -0.4 is 9.47 Å². The normalized spacial score (nSPS) is 14.9. The number of carboxylic acid groups (broad SMARTS) is 1. The van der Waals surface area contributed by atoms with Crippen molar-refractivity contribution in [1.29, 1.82) is 0 Å². The smallest absolute Gasteiger partial charge is 0.323 e. The molecule has 1 aliphatic rings. The van der Waals surface area contributed by atoms with Crippen LogP contribution in [0.5, 0.6) is 11.5 Å². The van der Waals surface area contributed by atoms with Crippen molar-refractivity contribution < 1.29 is 28.6 Å². The molecule has 0 radical (unpaired) electrons. The molecule has 2 aromatic carbocycles. The van der Waals surface area contributed by atoms with Crippen LogP contribution in [0.2, 0.25) is 0 Å². The SMILES string of the molecule is Cc1ocnc1C(Cc1ccccc1)Oc1ccc(C=C2SC(=S)N(CC(=O)O)C2=O)c(OCc2ccccn2)c1. The number of pyridine rings is 1. The maximum atomic E-state index is 12.9. The van der Waals surface area contributed by atoms with Gasteiger partial charge in [0.1, 0.15) is 46.5 Å². The predicted octanol–water partition coefficient (Wildman–Crippen LogP) is 5.61. The van der Waals surface area contributed by atoms with Crippen molar-refractivity contribution in [3.8, 4) is 11.5 Å². The third kappa shape index (κ3) is 7.00. The van der Waals surface area contributed by atoms with Crippen LogP contribution in [-0.4, -0.2) is 42.7 Å². The minimum absolute atomic E-state index is 0.181. The summed E-state index contributed by atoms with van der Waals surface area (Å²) in [5.41, 5.74) is 3.08. The Hall–Kier alpha value is -4.48. The standard InChI is InChI=1S/C30H25N3O6S2/c1-19-28(32-18-38-19)25(13-20-7-3-2-4-8-20)39-23-11-10-21(24(15-23)37-17-22-9-5-6-12-31-22)14-26-29(36)33(16-27(34)35)30(40)41-26/h2-12,14-15,18,25H,13,16-17H2,1H3,(H,34,35). The number of carbonyl (C=O) groups excluding carboxylic acids is 1. The molecular formula is C30H25N3O6S2. The summed E-state index contributed by atoms with van der Waals surface area (Å²) >= 11 is 6.28. The number of ether oxygens (including phenoxy) is 2. The van der Waals surface area contributed by atoms with E-state index in [-0.39, 0.29) is 10.9 Å². The highest BCUT2D eigenvalue weighted by Gasteiger charge is 2.33. The highest BCUT2D eigenvalue weighted by molar-refractivity contribution is 8.26. The fourth-order valence-corrected chi connectivity index (χ4v) is 5.44. The molecule has 4 aromatic rings. The first-order valence-corrected chi connectivity index (χ1v) is 13.8. The van der Waals surface area contributed by atoms with E-state index in [4.69, 9.17) is 31.2 Å². The minimum Gasteiger partial charge on any atom is -0.487 e. The quantitative estimate of drug-likeness (QED) is 0.175. The van der Waals surface area contributed by atoms with E-state index in [1.165, 1.54) is 6.39 Å². The van der Waals surface area contributed by atoms with E-state index in [2.05, 4.69) is 9.97 Å². The molecule has 1 unspecified atom stereocenters. The van der Waals surface area contributed by atoms with Gasteiger partial charge in [-0.1, -0.05) is 60.4 Å². The Morgan fingerprint density at radius 1 is 1.15 bits per heavy atom. The van der Waals surface area contributed by atoms with E-state index in [0.717, 1.165) is 27.9 Å². The molecule has 1 atom stereocenters. The van der Waals surface area contributed by atoms with E-state index >= 15 is 0 Å². The summed E-state index contributed by atoms with van der Waals surface area (Å²) in [7, 11) is 0. The maximum absolute atomic E-state index is 12.9. The van der Waals surface area contributed by atoms with Gasteiger partial charge in [0.05, 0.1) is 10.6 Å². The second-order valence-corrected chi connectivity index (χ2v) is 10.7. The Morgan fingerprint density at radius 3 is 2.66 bits per heavy atom. The highest BCUT2D eigenvalue weighted by atomic mass is 32.2. The number of oxazole rings is 1. The number of aromatic nitrogens is 2. The van der Waals surface area contributed by atoms with Crippen LogP contribution in [0.1, 0.15) is 34.4 Å². The fraction of sp³-hybridized carbons (Fsp3) is 0.167. The minimum atomic E-state index is -1.14. The summed E-state index contributed by atoms with van der Waals surface area (Å²) in [6.07, 6.45) is 4.85. The highest BCUT2D eigenvalue weighted by Crippen LogP contribution is 2.36. The van der Waals surface area contributed by atoms with Gasteiger partial charge in [0.25, 0.3) is 5.91 Å². The van der Waals surface area contributed by atoms with Crippen LogP contribution in [0.3, 0.4) is 0 Å². The molecule has 0 bridgehead atoms. The number of thiocarbonyl (C=S) groups is 1. The molecule has 0 saturated carbocycles. The zero-order valence-electron chi connectivity index (χ0n) is 21.9. The molecule has 1 amide bonds. The zero-order valence-corrected chi connectivity index (χ0v) is 23.6. The van der Waals surface area contributed by atoms with Gasteiger partial charge in [0.2, 0.25) is 0 Å². The molecule has 0 aliphatic carbocycles. The van der Waals surface area contributed by atoms with Crippen LogP contribution in [0.4, 0.5) is 0 Å². The lowest BCUT2D eigenvalue weighted by molar-refractivity contribution is -0.140. The number of carboxylic acids is 1. The van der Waals surface area contributed by atoms with E-state index in [0.29, 0.717) is 39.8 Å². The number of benzene rings is 2. The monoisotopic (exact) mass is 587 g/mol. The molecule has 5 rings (SSSR count). The molecule has 9 nitrogen and oxygen atoms in total. The van der Waals surface area contributed by atoms with Crippen molar-refractivity contribution in [3.05, 3.63) is 113 Å². The Bertz CT molecular complexity index is 1590. The van der Waals surface area contributed by atoms with Crippen LogP contribution in [0.15, 0.2) is 88.6 Å². The summed E-state index contributed by atoms with van der Waals surface area (Å²) in [4.78, 5) is 34.2. The number of aliphatic carboxylic acids is 1. The summed E-state index contributed by atoms with van der Waals surface area (Å²) in [5.74, 6) is 0.0307. The Morgan fingerprint density at radius 2 is 1.95 bits per heavy atom. The number of aryl methyl sites for hydroxylation is 1. The summed E-state index contributed by atoms with van der Waals surface area (Å²) in [6.45, 7) is 1.53. The van der Waals surface area contributed by atoms with Gasteiger partial charge in [-0.15, -0.1) is 0 Å². The summed E-state index contributed by atoms with van der Waals surface area (Å²) in [6, 6.07) is 20.8.